The van der Waals surface area contributed by atoms with Crippen LogP contribution in [0.4, 0.5) is 0 Å². The van der Waals surface area contributed by atoms with Crippen LogP contribution in [0.1, 0.15) is 36.3 Å². The SMILES string of the molecule is NC1(c2ccc(C3CCNC3)cc2)CC1. The first-order valence-electron chi connectivity index (χ1n) is 5.88. The molecule has 80 valence electrons. The highest BCUT2D eigenvalue weighted by atomic mass is 14.9. The Kier molecular flexibility index (Phi) is 2.08. The first kappa shape index (κ1) is 9.37. The summed E-state index contributed by atoms with van der Waals surface area (Å²) in [6.45, 7) is 2.29. The molecule has 1 atom stereocenters. The van der Waals surface area contributed by atoms with Crippen molar-refractivity contribution >= 4 is 0 Å². The molecule has 0 aromatic heterocycles. The molecule has 0 bridgehead atoms. The molecule has 1 aromatic carbocycles. The van der Waals surface area contributed by atoms with Crippen molar-refractivity contribution in [1.82, 2.24) is 5.32 Å². The Bertz CT molecular complexity index is 345. The maximum Gasteiger partial charge on any atom is 0.0411 e. The molecule has 0 amide bonds. The lowest BCUT2D eigenvalue weighted by atomic mass is 9.95. The molecule has 1 aliphatic carbocycles. The lowest BCUT2D eigenvalue weighted by molar-refractivity contribution is 0.731. The highest BCUT2D eigenvalue weighted by molar-refractivity contribution is 5.33. The van der Waals surface area contributed by atoms with E-state index < -0.39 is 0 Å². The minimum atomic E-state index is 0.0203. The highest BCUT2D eigenvalue weighted by Gasteiger charge is 2.39. The smallest absolute Gasteiger partial charge is 0.0411 e. The number of rotatable bonds is 2. The zero-order valence-corrected chi connectivity index (χ0v) is 9.00. The van der Waals surface area contributed by atoms with E-state index in [4.69, 9.17) is 5.73 Å². The number of benzene rings is 1. The Hall–Kier alpha value is -0.860. The minimum absolute atomic E-state index is 0.0203. The fourth-order valence-corrected chi connectivity index (χ4v) is 2.45. The summed E-state index contributed by atoms with van der Waals surface area (Å²) in [6, 6.07) is 8.97. The topological polar surface area (TPSA) is 38.0 Å². The van der Waals surface area contributed by atoms with Crippen LogP contribution in [0.25, 0.3) is 0 Å². The second-order valence-electron chi connectivity index (χ2n) is 4.97. The summed E-state index contributed by atoms with van der Waals surface area (Å²) in [5, 5.41) is 3.40. The van der Waals surface area contributed by atoms with E-state index >= 15 is 0 Å². The van der Waals surface area contributed by atoms with Crippen LogP contribution < -0.4 is 11.1 Å². The predicted molar refractivity (Wildman–Crippen MR) is 61.8 cm³/mol. The van der Waals surface area contributed by atoms with Crippen molar-refractivity contribution in [2.24, 2.45) is 5.73 Å². The normalized spacial score (nSPS) is 27.9. The Morgan fingerprint density at radius 1 is 1.20 bits per heavy atom. The van der Waals surface area contributed by atoms with Crippen LogP contribution in [0, 0.1) is 0 Å². The minimum Gasteiger partial charge on any atom is -0.321 e. The molecular weight excluding hydrogens is 184 g/mol. The molecule has 1 aromatic rings. The highest BCUT2D eigenvalue weighted by Crippen LogP contribution is 2.42. The largest absolute Gasteiger partial charge is 0.321 e. The summed E-state index contributed by atoms with van der Waals surface area (Å²) in [6.07, 6.45) is 3.57. The van der Waals surface area contributed by atoms with E-state index in [-0.39, 0.29) is 5.54 Å². The van der Waals surface area contributed by atoms with Crippen LogP contribution in [-0.4, -0.2) is 13.1 Å². The molecule has 2 heteroatoms. The van der Waals surface area contributed by atoms with Crippen LogP contribution in [0.3, 0.4) is 0 Å². The first-order chi connectivity index (χ1) is 7.28. The van der Waals surface area contributed by atoms with Crippen molar-refractivity contribution in [2.45, 2.75) is 30.7 Å². The number of nitrogens with one attached hydrogen (secondary N) is 1. The lowest BCUT2D eigenvalue weighted by Crippen LogP contribution is -2.18. The second-order valence-corrected chi connectivity index (χ2v) is 4.97. The third kappa shape index (κ3) is 1.68. The molecule has 0 spiro atoms. The lowest BCUT2D eigenvalue weighted by Gasteiger charge is -2.12. The second kappa shape index (κ2) is 3.32. The monoisotopic (exact) mass is 202 g/mol. The first-order valence-corrected chi connectivity index (χ1v) is 5.88. The van der Waals surface area contributed by atoms with Gasteiger partial charge in [-0.3, -0.25) is 0 Å². The number of hydrogen-bond acceptors (Lipinski definition) is 2. The molecule has 3 rings (SSSR count). The molecule has 1 aliphatic heterocycles. The van der Waals surface area contributed by atoms with Gasteiger partial charge in [-0.2, -0.15) is 0 Å². The zero-order chi connectivity index (χ0) is 10.3. The molecule has 1 unspecified atom stereocenters. The van der Waals surface area contributed by atoms with E-state index in [1.165, 1.54) is 17.5 Å². The summed E-state index contributed by atoms with van der Waals surface area (Å²) in [5.74, 6) is 0.715. The summed E-state index contributed by atoms with van der Waals surface area (Å²) >= 11 is 0. The van der Waals surface area contributed by atoms with Crippen LogP contribution in [-0.2, 0) is 5.54 Å². The molecular formula is C13H18N2. The van der Waals surface area contributed by atoms with E-state index in [0.717, 1.165) is 25.9 Å². The van der Waals surface area contributed by atoms with Gasteiger partial charge in [0.2, 0.25) is 0 Å². The Labute approximate surface area is 90.9 Å². The fraction of sp³-hybridized carbons (Fsp3) is 0.538. The maximum atomic E-state index is 6.16. The summed E-state index contributed by atoms with van der Waals surface area (Å²) < 4.78 is 0. The number of hydrogen-bond donors (Lipinski definition) is 2. The van der Waals surface area contributed by atoms with Gasteiger partial charge in [0.15, 0.2) is 0 Å². The average molecular weight is 202 g/mol. The van der Waals surface area contributed by atoms with Gasteiger partial charge >= 0.3 is 0 Å². The molecule has 2 fully saturated rings. The zero-order valence-electron chi connectivity index (χ0n) is 9.00. The maximum absolute atomic E-state index is 6.16. The van der Waals surface area contributed by atoms with Crippen molar-refractivity contribution in [3.8, 4) is 0 Å². The van der Waals surface area contributed by atoms with Gasteiger partial charge in [-0.05, 0) is 42.9 Å². The molecule has 2 nitrogen and oxygen atoms in total. The predicted octanol–water partition coefficient (Wildman–Crippen LogP) is 1.71. The molecule has 1 saturated heterocycles. The van der Waals surface area contributed by atoms with Crippen LogP contribution in [0.15, 0.2) is 24.3 Å². The van der Waals surface area contributed by atoms with Gasteiger partial charge in [0.25, 0.3) is 0 Å². The van der Waals surface area contributed by atoms with E-state index in [1.54, 1.807) is 0 Å². The molecule has 15 heavy (non-hydrogen) atoms. The van der Waals surface area contributed by atoms with Crippen molar-refractivity contribution < 1.29 is 0 Å². The van der Waals surface area contributed by atoms with Crippen LogP contribution in [0.5, 0.6) is 0 Å². The van der Waals surface area contributed by atoms with Gasteiger partial charge in [-0.15, -0.1) is 0 Å². The van der Waals surface area contributed by atoms with E-state index in [0.29, 0.717) is 5.92 Å². The number of nitrogens with two attached hydrogens (primary N) is 1. The van der Waals surface area contributed by atoms with Crippen LogP contribution >= 0.6 is 0 Å². The van der Waals surface area contributed by atoms with Gasteiger partial charge in [0.05, 0.1) is 0 Å². The van der Waals surface area contributed by atoms with Crippen molar-refractivity contribution in [3.05, 3.63) is 35.4 Å². The van der Waals surface area contributed by atoms with E-state index in [2.05, 4.69) is 29.6 Å². The van der Waals surface area contributed by atoms with Crippen molar-refractivity contribution in [1.29, 1.82) is 0 Å². The molecule has 2 aliphatic rings. The molecule has 1 saturated carbocycles. The van der Waals surface area contributed by atoms with Gasteiger partial charge in [0.1, 0.15) is 0 Å². The summed E-state index contributed by atoms with van der Waals surface area (Å²) in [4.78, 5) is 0. The summed E-state index contributed by atoms with van der Waals surface area (Å²) in [5.41, 5.74) is 8.96. The van der Waals surface area contributed by atoms with Gasteiger partial charge < -0.3 is 11.1 Å². The fourth-order valence-electron chi connectivity index (χ4n) is 2.45. The third-order valence-corrected chi connectivity index (χ3v) is 3.81. The third-order valence-electron chi connectivity index (χ3n) is 3.81. The van der Waals surface area contributed by atoms with Crippen LogP contribution in [0.2, 0.25) is 0 Å². The summed E-state index contributed by atoms with van der Waals surface area (Å²) in [7, 11) is 0. The molecule has 0 radical (unpaired) electrons. The Balaban J connectivity index is 1.81. The van der Waals surface area contributed by atoms with Gasteiger partial charge in [0, 0.05) is 12.1 Å². The molecule has 1 heterocycles. The van der Waals surface area contributed by atoms with Crippen molar-refractivity contribution in [2.75, 3.05) is 13.1 Å². The van der Waals surface area contributed by atoms with Gasteiger partial charge in [-0.1, -0.05) is 24.3 Å². The molecule has 3 N–H and O–H groups in total. The van der Waals surface area contributed by atoms with E-state index in [1.807, 2.05) is 0 Å². The van der Waals surface area contributed by atoms with E-state index in [9.17, 15) is 0 Å². The Morgan fingerprint density at radius 2 is 1.93 bits per heavy atom. The van der Waals surface area contributed by atoms with Gasteiger partial charge in [-0.25, -0.2) is 0 Å². The quantitative estimate of drug-likeness (QED) is 0.766. The van der Waals surface area contributed by atoms with Crippen molar-refractivity contribution in [3.63, 3.8) is 0 Å². The average Bonchev–Trinajstić information content (AvgIpc) is 2.84. The standard InChI is InChI=1S/C13H18N2/c14-13(6-7-13)12-3-1-10(2-4-12)11-5-8-15-9-11/h1-4,11,15H,5-9,14H2. The Morgan fingerprint density at radius 3 is 2.47 bits per heavy atom.